The van der Waals surface area contributed by atoms with E-state index in [2.05, 4.69) is 4.90 Å². The molecule has 0 aromatic heterocycles. The molecule has 0 aliphatic carbocycles. The van der Waals surface area contributed by atoms with Crippen LogP contribution in [0.4, 0.5) is 11.4 Å². The van der Waals surface area contributed by atoms with E-state index in [9.17, 15) is 14.9 Å². The first kappa shape index (κ1) is 14.3. The maximum Gasteiger partial charge on any atom is 0.303 e. The summed E-state index contributed by atoms with van der Waals surface area (Å²) in [7, 11) is 1.96. The van der Waals surface area contributed by atoms with Crippen molar-refractivity contribution in [2.45, 2.75) is 25.8 Å². The van der Waals surface area contributed by atoms with Crippen LogP contribution in [0.1, 0.15) is 23.1 Å². The molecule has 3 N–H and O–H groups in total. The van der Waals surface area contributed by atoms with Gasteiger partial charge in [0.15, 0.2) is 0 Å². The summed E-state index contributed by atoms with van der Waals surface area (Å²) in [5.41, 5.74) is 8.47. The molecule has 0 amide bonds. The fraction of sp³-hybridized carbons (Fsp3) is 0.462. The predicted octanol–water partition coefficient (Wildman–Crippen LogP) is 1.18. The SMILES string of the molecule is CN1CCc2c(N)c([N+](=O)[O-])cc(CCC(=O)O)c2C1. The summed E-state index contributed by atoms with van der Waals surface area (Å²) in [4.78, 5) is 23.4. The van der Waals surface area contributed by atoms with Crippen LogP contribution in [-0.2, 0) is 24.2 Å². The quantitative estimate of drug-likeness (QED) is 0.486. The molecule has 1 aliphatic heterocycles. The molecule has 1 heterocycles. The van der Waals surface area contributed by atoms with E-state index in [1.807, 2.05) is 7.05 Å². The number of nitro benzene ring substituents is 1. The summed E-state index contributed by atoms with van der Waals surface area (Å²) in [5, 5.41) is 19.9. The fourth-order valence-electron chi connectivity index (χ4n) is 2.59. The van der Waals surface area contributed by atoms with Gasteiger partial charge in [-0.05, 0) is 36.6 Å². The molecule has 108 valence electrons. The number of hydrogen-bond acceptors (Lipinski definition) is 5. The number of likely N-dealkylation sites (N-methyl/N-ethyl adjacent to an activating group) is 1. The second-order valence-electron chi connectivity index (χ2n) is 5.06. The van der Waals surface area contributed by atoms with Crippen molar-refractivity contribution >= 4 is 17.3 Å². The monoisotopic (exact) mass is 279 g/mol. The first-order chi connectivity index (χ1) is 9.40. The Kier molecular flexibility index (Phi) is 3.89. The van der Waals surface area contributed by atoms with Crippen molar-refractivity contribution in [2.24, 2.45) is 0 Å². The van der Waals surface area contributed by atoms with Gasteiger partial charge in [-0.2, -0.15) is 0 Å². The standard InChI is InChI=1S/C13H17N3O4/c1-15-5-4-9-10(7-15)8(2-3-12(17)18)6-11(13(9)14)16(19)20/h6H,2-5,7,14H2,1H3,(H,17,18). The highest BCUT2D eigenvalue weighted by atomic mass is 16.6. The number of rotatable bonds is 4. The first-order valence-corrected chi connectivity index (χ1v) is 6.38. The van der Waals surface area contributed by atoms with Gasteiger partial charge in [-0.15, -0.1) is 0 Å². The Morgan fingerprint density at radius 2 is 2.25 bits per heavy atom. The highest BCUT2D eigenvalue weighted by Crippen LogP contribution is 2.35. The van der Waals surface area contributed by atoms with Gasteiger partial charge in [0.25, 0.3) is 5.69 Å². The topological polar surface area (TPSA) is 110 Å². The van der Waals surface area contributed by atoms with E-state index in [4.69, 9.17) is 10.8 Å². The van der Waals surface area contributed by atoms with Gasteiger partial charge in [-0.1, -0.05) is 0 Å². The lowest BCUT2D eigenvalue weighted by Crippen LogP contribution is -2.28. The molecule has 0 fully saturated rings. The van der Waals surface area contributed by atoms with Gasteiger partial charge < -0.3 is 15.7 Å². The van der Waals surface area contributed by atoms with Crippen LogP contribution >= 0.6 is 0 Å². The Morgan fingerprint density at radius 3 is 2.85 bits per heavy atom. The molecule has 0 saturated heterocycles. The Morgan fingerprint density at radius 1 is 1.55 bits per heavy atom. The molecule has 7 nitrogen and oxygen atoms in total. The highest BCUT2D eigenvalue weighted by Gasteiger charge is 2.25. The van der Waals surface area contributed by atoms with Crippen molar-refractivity contribution in [3.05, 3.63) is 32.9 Å². The second kappa shape index (κ2) is 5.46. The number of nitrogen functional groups attached to an aromatic ring is 1. The van der Waals surface area contributed by atoms with Crippen LogP contribution in [0.25, 0.3) is 0 Å². The third-order valence-electron chi connectivity index (χ3n) is 3.64. The van der Waals surface area contributed by atoms with Crippen molar-refractivity contribution in [3.63, 3.8) is 0 Å². The number of aliphatic carboxylic acids is 1. The van der Waals surface area contributed by atoms with Crippen LogP contribution in [0.5, 0.6) is 0 Å². The molecular weight excluding hydrogens is 262 g/mol. The Hall–Kier alpha value is -2.15. The van der Waals surface area contributed by atoms with Gasteiger partial charge in [0, 0.05) is 25.6 Å². The van der Waals surface area contributed by atoms with E-state index in [0.717, 1.165) is 23.2 Å². The normalized spacial score (nSPS) is 14.8. The lowest BCUT2D eigenvalue weighted by molar-refractivity contribution is -0.384. The van der Waals surface area contributed by atoms with Crippen LogP contribution in [-0.4, -0.2) is 34.5 Å². The van der Waals surface area contributed by atoms with Crippen molar-refractivity contribution in [3.8, 4) is 0 Å². The van der Waals surface area contributed by atoms with E-state index in [1.165, 1.54) is 6.07 Å². The lowest BCUT2D eigenvalue weighted by atomic mass is 9.90. The summed E-state index contributed by atoms with van der Waals surface area (Å²) >= 11 is 0. The number of anilines is 1. The molecule has 7 heteroatoms. The summed E-state index contributed by atoms with van der Waals surface area (Å²) in [6.07, 6.45) is 0.892. The molecule has 0 bridgehead atoms. The Labute approximate surface area is 116 Å². The predicted molar refractivity (Wildman–Crippen MR) is 73.5 cm³/mol. The van der Waals surface area contributed by atoms with Crippen LogP contribution in [0.3, 0.4) is 0 Å². The third-order valence-corrected chi connectivity index (χ3v) is 3.64. The number of carboxylic acid groups (broad SMARTS) is 1. The smallest absolute Gasteiger partial charge is 0.303 e. The molecular formula is C13H17N3O4. The van der Waals surface area contributed by atoms with E-state index >= 15 is 0 Å². The zero-order chi connectivity index (χ0) is 14.9. The van der Waals surface area contributed by atoms with Crippen LogP contribution < -0.4 is 5.73 Å². The number of carboxylic acids is 1. The first-order valence-electron chi connectivity index (χ1n) is 6.38. The minimum atomic E-state index is -0.914. The van der Waals surface area contributed by atoms with Crippen molar-refractivity contribution < 1.29 is 14.8 Å². The molecule has 1 aromatic rings. The molecule has 0 radical (unpaired) electrons. The maximum atomic E-state index is 11.1. The van der Waals surface area contributed by atoms with E-state index in [-0.39, 0.29) is 24.2 Å². The molecule has 1 aromatic carbocycles. The van der Waals surface area contributed by atoms with E-state index in [0.29, 0.717) is 13.0 Å². The van der Waals surface area contributed by atoms with Gasteiger partial charge >= 0.3 is 5.97 Å². The number of benzene rings is 1. The van der Waals surface area contributed by atoms with Crippen LogP contribution in [0, 0.1) is 10.1 Å². The van der Waals surface area contributed by atoms with Crippen LogP contribution in [0.2, 0.25) is 0 Å². The number of carbonyl (C=O) groups is 1. The van der Waals surface area contributed by atoms with E-state index < -0.39 is 10.9 Å². The van der Waals surface area contributed by atoms with Gasteiger partial charge in [0.2, 0.25) is 0 Å². The minimum Gasteiger partial charge on any atom is -0.481 e. The lowest BCUT2D eigenvalue weighted by Gasteiger charge is -2.28. The van der Waals surface area contributed by atoms with Gasteiger partial charge in [-0.25, -0.2) is 0 Å². The number of fused-ring (bicyclic) bond motifs is 1. The number of hydrogen-bond donors (Lipinski definition) is 2. The number of nitro groups is 1. The van der Waals surface area contributed by atoms with Gasteiger partial charge in [-0.3, -0.25) is 14.9 Å². The zero-order valence-corrected chi connectivity index (χ0v) is 11.3. The molecule has 20 heavy (non-hydrogen) atoms. The molecule has 2 rings (SSSR count). The summed E-state index contributed by atoms with van der Waals surface area (Å²) < 4.78 is 0. The number of nitrogens with two attached hydrogens (primary N) is 1. The van der Waals surface area contributed by atoms with Crippen molar-refractivity contribution in [1.82, 2.24) is 4.90 Å². The largest absolute Gasteiger partial charge is 0.481 e. The summed E-state index contributed by atoms with van der Waals surface area (Å²) in [5.74, 6) is -0.914. The molecule has 0 spiro atoms. The maximum absolute atomic E-state index is 11.1. The summed E-state index contributed by atoms with van der Waals surface area (Å²) in [6, 6.07) is 1.43. The average Bonchev–Trinajstić information content (AvgIpc) is 2.37. The summed E-state index contributed by atoms with van der Waals surface area (Å²) in [6.45, 7) is 1.43. The van der Waals surface area contributed by atoms with Crippen molar-refractivity contribution in [1.29, 1.82) is 0 Å². The third kappa shape index (κ3) is 2.72. The zero-order valence-electron chi connectivity index (χ0n) is 11.3. The highest BCUT2D eigenvalue weighted by molar-refractivity contribution is 5.70. The van der Waals surface area contributed by atoms with Gasteiger partial charge in [0.05, 0.1) is 4.92 Å². The van der Waals surface area contributed by atoms with Gasteiger partial charge in [0.1, 0.15) is 5.69 Å². The second-order valence-corrected chi connectivity index (χ2v) is 5.06. The fourth-order valence-corrected chi connectivity index (χ4v) is 2.59. The molecule has 0 atom stereocenters. The number of nitrogens with zero attached hydrogens (tertiary/aromatic N) is 2. The Balaban J connectivity index is 2.50. The molecule has 0 saturated carbocycles. The number of aryl methyl sites for hydroxylation is 1. The molecule has 0 unspecified atom stereocenters. The molecule has 1 aliphatic rings. The van der Waals surface area contributed by atoms with Crippen LogP contribution in [0.15, 0.2) is 6.07 Å². The van der Waals surface area contributed by atoms with E-state index in [1.54, 1.807) is 0 Å². The minimum absolute atomic E-state index is 0.0444. The average molecular weight is 279 g/mol. The van der Waals surface area contributed by atoms with Crippen molar-refractivity contribution in [2.75, 3.05) is 19.3 Å². The Bertz CT molecular complexity index is 571.